The number of amides is 1. The van der Waals surface area contributed by atoms with Crippen molar-refractivity contribution < 1.29 is 9.90 Å². The minimum Gasteiger partial charge on any atom is -0.398 e. The summed E-state index contributed by atoms with van der Waals surface area (Å²) in [6.45, 7) is 1.77. The maximum absolute atomic E-state index is 11.8. The van der Waals surface area contributed by atoms with Gasteiger partial charge in [0.2, 0.25) is 0 Å². The number of nitrogens with two attached hydrogens (primary N) is 1. The Morgan fingerprint density at radius 3 is 2.81 bits per heavy atom. The van der Waals surface area contributed by atoms with Crippen molar-refractivity contribution in [1.29, 1.82) is 0 Å². The molecular weight excluding hydrogens is 228 g/mol. The van der Waals surface area contributed by atoms with E-state index in [0.717, 1.165) is 0 Å². The van der Waals surface area contributed by atoms with Crippen molar-refractivity contribution >= 4 is 23.2 Å². The van der Waals surface area contributed by atoms with E-state index in [1.807, 2.05) is 6.92 Å². The summed E-state index contributed by atoms with van der Waals surface area (Å²) in [6.07, 6.45) is 0.645. The molecule has 1 aromatic rings. The summed E-state index contributed by atoms with van der Waals surface area (Å²) in [5, 5.41) is 12.0. The molecule has 1 atom stereocenters. The van der Waals surface area contributed by atoms with E-state index in [4.69, 9.17) is 22.4 Å². The zero-order chi connectivity index (χ0) is 12.1. The highest BCUT2D eigenvalue weighted by atomic mass is 35.5. The van der Waals surface area contributed by atoms with Gasteiger partial charge in [-0.2, -0.15) is 0 Å². The standard InChI is InChI=1S/C11H15ClN2O2/c1-2-7(6-15)14-11(16)10-8(12)4-3-5-9(10)13/h3-5,7,15H,2,6,13H2,1H3,(H,14,16)/t7-/m0/s1. The number of rotatable bonds is 4. The Morgan fingerprint density at radius 1 is 1.62 bits per heavy atom. The number of nitrogen functional groups attached to an aromatic ring is 1. The van der Waals surface area contributed by atoms with E-state index in [1.165, 1.54) is 0 Å². The number of nitrogens with one attached hydrogen (secondary N) is 1. The number of aliphatic hydroxyl groups is 1. The van der Waals surface area contributed by atoms with Gasteiger partial charge >= 0.3 is 0 Å². The number of carbonyl (C=O) groups excluding carboxylic acids is 1. The third-order valence-corrected chi connectivity index (χ3v) is 2.64. The van der Waals surface area contributed by atoms with Crippen molar-refractivity contribution in [2.45, 2.75) is 19.4 Å². The van der Waals surface area contributed by atoms with Gasteiger partial charge in [-0.25, -0.2) is 0 Å². The van der Waals surface area contributed by atoms with Crippen LogP contribution in [0, 0.1) is 0 Å². The molecule has 0 bridgehead atoms. The summed E-state index contributed by atoms with van der Waals surface area (Å²) >= 11 is 5.89. The Kier molecular flexibility index (Phi) is 4.58. The van der Waals surface area contributed by atoms with E-state index in [1.54, 1.807) is 18.2 Å². The number of anilines is 1. The molecule has 0 fully saturated rings. The van der Waals surface area contributed by atoms with E-state index in [0.29, 0.717) is 17.1 Å². The lowest BCUT2D eigenvalue weighted by molar-refractivity contribution is 0.0916. The highest BCUT2D eigenvalue weighted by Crippen LogP contribution is 2.21. The van der Waals surface area contributed by atoms with E-state index < -0.39 is 0 Å². The molecule has 0 heterocycles. The average Bonchev–Trinajstić information content (AvgIpc) is 2.25. The molecule has 4 nitrogen and oxygen atoms in total. The van der Waals surface area contributed by atoms with Gasteiger partial charge < -0.3 is 16.2 Å². The van der Waals surface area contributed by atoms with Crippen LogP contribution < -0.4 is 11.1 Å². The van der Waals surface area contributed by atoms with Crippen molar-refractivity contribution in [2.75, 3.05) is 12.3 Å². The van der Waals surface area contributed by atoms with Crippen LogP contribution in [0.1, 0.15) is 23.7 Å². The van der Waals surface area contributed by atoms with Crippen LogP contribution in [0.5, 0.6) is 0 Å². The van der Waals surface area contributed by atoms with Crippen LogP contribution in [0.15, 0.2) is 18.2 Å². The van der Waals surface area contributed by atoms with Gasteiger partial charge in [-0.3, -0.25) is 4.79 Å². The molecule has 1 aromatic carbocycles. The summed E-state index contributed by atoms with van der Waals surface area (Å²) in [7, 11) is 0. The molecule has 1 rings (SSSR count). The summed E-state index contributed by atoms with van der Waals surface area (Å²) in [4.78, 5) is 11.8. The maximum Gasteiger partial charge on any atom is 0.255 e. The lowest BCUT2D eigenvalue weighted by Crippen LogP contribution is -2.37. The predicted molar refractivity (Wildman–Crippen MR) is 64.5 cm³/mol. The average molecular weight is 243 g/mol. The van der Waals surface area contributed by atoms with Crippen LogP contribution in [-0.4, -0.2) is 23.7 Å². The Hall–Kier alpha value is -1.26. The first kappa shape index (κ1) is 12.8. The quantitative estimate of drug-likeness (QED) is 0.699. The Balaban J connectivity index is 2.88. The molecule has 1 amide bonds. The van der Waals surface area contributed by atoms with Crippen LogP contribution in [0.2, 0.25) is 5.02 Å². The second kappa shape index (κ2) is 5.72. The molecular formula is C11H15ClN2O2. The summed E-state index contributed by atoms with van der Waals surface area (Å²) in [5.74, 6) is -0.357. The highest BCUT2D eigenvalue weighted by molar-refractivity contribution is 6.34. The highest BCUT2D eigenvalue weighted by Gasteiger charge is 2.16. The predicted octanol–water partition coefficient (Wildman–Crippen LogP) is 1.42. The smallest absolute Gasteiger partial charge is 0.255 e. The van der Waals surface area contributed by atoms with Crippen molar-refractivity contribution in [3.8, 4) is 0 Å². The number of carbonyl (C=O) groups is 1. The minimum absolute atomic E-state index is 0.105. The largest absolute Gasteiger partial charge is 0.398 e. The molecule has 0 unspecified atom stereocenters. The van der Waals surface area contributed by atoms with Gasteiger partial charge in [0.05, 0.1) is 23.2 Å². The SMILES string of the molecule is CC[C@@H](CO)NC(=O)c1c(N)cccc1Cl. The van der Waals surface area contributed by atoms with Gasteiger partial charge in [0.15, 0.2) is 0 Å². The molecule has 16 heavy (non-hydrogen) atoms. The molecule has 0 aliphatic carbocycles. The minimum atomic E-state index is -0.357. The number of benzene rings is 1. The fourth-order valence-corrected chi connectivity index (χ4v) is 1.58. The Morgan fingerprint density at radius 2 is 2.31 bits per heavy atom. The molecule has 0 saturated carbocycles. The van der Waals surface area contributed by atoms with Gasteiger partial charge in [-0.05, 0) is 18.6 Å². The third kappa shape index (κ3) is 2.87. The molecule has 5 heteroatoms. The zero-order valence-electron chi connectivity index (χ0n) is 9.03. The van der Waals surface area contributed by atoms with E-state index >= 15 is 0 Å². The number of halogens is 1. The molecule has 0 saturated heterocycles. The lowest BCUT2D eigenvalue weighted by Gasteiger charge is -2.15. The zero-order valence-corrected chi connectivity index (χ0v) is 9.79. The van der Waals surface area contributed by atoms with Crippen LogP contribution >= 0.6 is 11.6 Å². The molecule has 0 aliphatic heterocycles. The van der Waals surface area contributed by atoms with E-state index in [-0.39, 0.29) is 24.1 Å². The molecule has 0 radical (unpaired) electrons. The number of hydrogen-bond acceptors (Lipinski definition) is 3. The van der Waals surface area contributed by atoms with Gasteiger partial charge in [0.1, 0.15) is 0 Å². The monoisotopic (exact) mass is 242 g/mol. The summed E-state index contributed by atoms with van der Waals surface area (Å²) < 4.78 is 0. The molecule has 88 valence electrons. The van der Waals surface area contributed by atoms with Crippen LogP contribution in [0.25, 0.3) is 0 Å². The molecule has 0 aromatic heterocycles. The summed E-state index contributed by atoms with van der Waals surface area (Å²) in [5.41, 5.74) is 6.26. The Labute approximate surface area is 99.4 Å². The Bertz CT molecular complexity index is 358. The van der Waals surface area contributed by atoms with Crippen LogP contribution in [-0.2, 0) is 0 Å². The number of aliphatic hydroxyl groups excluding tert-OH is 1. The second-order valence-corrected chi connectivity index (χ2v) is 3.87. The van der Waals surface area contributed by atoms with Gasteiger partial charge in [0, 0.05) is 5.69 Å². The maximum atomic E-state index is 11.8. The van der Waals surface area contributed by atoms with Crippen LogP contribution in [0.4, 0.5) is 5.69 Å². The van der Waals surface area contributed by atoms with Gasteiger partial charge in [-0.15, -0.1) is 0 Å². The van der Waals surface area contributed by atoms with E-state index in [9.17, 15) is 4.79 Å². The van der Waals surface area contributed by atoms with Gasteiger partial charge in [0.25, 0.3) is 5.91 Å². The summed E-state index contributed by atoms with van der Waals surface area (Å²) in [6, 6.07) is 4.62. The first-order valence-electron chi connectivity index (χ1n) is 5.05. The number of hydrogen-bond donors (Lipinski definition) is 3. The van der Waals surface area contributed by atoms with Crippen molar-refractivity contribution in [3.63, 3.8) is 0 Å². The molecule has 0 aliphatic rings. The molecule has 4 N–H and O–H groups in total. The van der Waals surface area contributed by atoms with Crippen LogP contribution in [0.3, 0.4) is 0 Å². The van der Waals surface area contributed by atoms with Crippen molar-refractivity contribution in [3.05, 3.63) is 28.8 Å². The van der Waals surface area contributed by atoms with Crippen molar-refractivity contribution in [2.24, 2.45) is 0 Å². The normalized spacial score (nSPS) is 12.2. The fraction of sp³-hybridized carbons (Fsp3) is 0.364. The first-order valence-corrected chi connectivity index (χ1v) is 5.43. The lowest BCUT2D eigenvalue weighted by atomic mass is 10.1. The fourth-order valence-electron chi connectivity index (χ4n) is 1.31. The first-order chi connectivity index (χ1) is 7.60. The third-order valence-electron chi connectivity index (χ3n) is 2.32. The van der Waals surface area contributed by atoms with Crippen molar-refractivity contribution in [1.82, 2.24) is 5.32 Å². The second-order valence-electron chi connectivity index (χ2n) is 3.47. The topological polar surface area (TPSA) is 75.3 Å². The van der Waals surface area contributed by atoms with E-state index in [2.05, 4.69) is 5.32 Å². The van der Waals surface area contributed by atoms with Gasteiger partial charge in [-0.1, -0.05) is 24.6 Å². The molecule has 0 spiro atoms.